The second-order valence-electron chi connectivity index (χ2n) is 8.38. The molecule has 2 atom stereocenters. The number of nitrogens with one attached hydrogen (secondary N) is 1. The van der Waals surface area contributed by atoms with E-state index in [-0.39, 0.29) is 11.7 Å². The third-order valence-electron chi connectivity index (χ3n) is 5.09. The van der Waals surface area contributed by atoms with Gasteiger partial charge >= 0.3 is 0 Å². The van der Waals surface area contributed by atoms with Crippen LogP contribution in [0.1, 0.15) is 44.4 Å². The van der Waals surface area contributed by atoms with Crippen LogP contribution in [-0.4, -0.2) is 32.2 Å². The predicted molar refractivity (Wildman–Crippen MR) is 115 cm³/mol. The SMILES string of the molecule is Cc1ccc2c(c1)[C@H](NC(=O)[C@@H](C)N(c1cccc(F)c1)S(C)(=O)=O)CC(C)(C)O2. The van der Waals surface area contributed by atoms with E-state index in [0.29, 0.717) is 12.2 Å². The van der Waals surface area contributed by atoms with Crippen molar-refractivity contribution in [1.82, 2.24) is 5.32 Å². The Balaban J connectivity index is 1.91. The van der Waals surface area contributed by atoms with Gasteiger partial charge in [-0.25, -0.2) is 12.8 Å². The fraction of sp³-hybridized carbons (Fsp3) is 0.409. The molecule has 3 rings (SSSR count). The van der Waals surface area contributed by atoms with E-state index in [1.807, 2.05) is 39.0 Å². The van der Waals surface area contributed by atoms with E-state index in [1.165, 1.54) is 25.1 Å². The third kappa shape index (κ3) is 4.75. The molecule has 0 bridgehead atoms. The second kappa shape index (κ2) is 7.91. The minimum Gasteiger partial charge on any atom is -0.487 e. The Labute approximate surface area is 177 Å². The average molecular weight is 435 g/mol. The van der Waals surface area contributed by atoms with Crippen LogP contribution in [0, 0.1) is 12.7 Å². The molecule has 1 heterocycles. The molecule has 0 aromatic heterocycles. The summed E-state index contributed by atoms with van der Waals surface area (Å²) < 4.78 is 45.5. The van der Waals surface area contributed by atoms with Crippen molar-refractivity contribution in [1.29, 1.82) is 0 Å². The maximum atomic E-state index is 13.7. The Hall–Kier alpha value is -2.61. The van der Waals surface area contributed by atoms with Gasteiger partial charge in [-0.2, -0.15) is 0 Å². The topological polar surface area (TPSA) is 75.7 Å². The van der Waals surface area contributed by atoms with Crippen molar-refractivity contribution in [3.05, 3.63) is 59.4 Å². The summed E-state index contributed by atoms with van der Waals surface area (Å²) in [5, 5.41) is 2.98. The molecule has 0 fully saturated rings. The number of nitrogens with zero attached hydrogens (tertiary/aromatic N) is 1. The van der Waals surface area contributed by atoms with E-state index in [2.05, 4.69) is 5.32 Å². The van der Waals surface area contributed by atoms with Crippen molar-refractivity contribution >= 4 is 21.6 Å². The normalized spacial score (nSPS) is 18.7. The number of anilines is 1. The van der Waals surface area contributed by atoms with Gasteiger partial charge in [0.2, 0.25) is 15.9 Å². The molecular weight excluding hydrogens is 407 g/mol. The molecule has 0 aliphatic carbocycles. The maximum absolute atomic E-state index is 13.7. The first-order chi connectivity index (χ1) is 13.9. The summed E-state index contributed by atoms with van der Waals surface area (Å²) in [4.78, 5) is 13.1. The fourth-order valence-electron chi connectivity index (χ4n) is 3.82. The van der Waals surface area contributed by atoms with Gasteiger partial charge in [-0.15, -0.1) is 0 Å². The summed E-state index contributed by atoms with van der Waals surface area (Å²) in [5.41, 5.74) is 1.49. The minimum atomic E-state index is -3.83. The minimum absolute atomic E-state index is 0.101. The van der Waals surface area contributed by atoms with Crippen molar-refractivity contribution in [3.8, 4) is 5.75 Å². The number of fused-ring (bicyclic) bond motifs is 1. The highest BCUT2D eigenvalue weighted by molar-refractivity contribution is 7.92. The average Bonchev–Trinajstić information content (AvgIpc) is 2.60. The van der Waals surface area contributed by atoms with Crippen molar-refractivity contribution in [2.45, 2.75) is 51.8 Å². The number of carbonyl (C=O) groups is 1. The quantitative estimate of drug-likeness (QED) is 0.779. The largest absolute Gasteiger partial charge is 0.487 e. The number of benzene rings is 2. The maximum Gasteiger partial charge on any atom is 0.244 e. The number of hydrogen-bond acceptors (Lipinski definition) is 4. The van der Waals surface area contributed by atoms with E-state index in [9.17, 15) is 17.6 Å². The Morgan fingerprint density at radius 3 is 2.60 bits per heavy atom. The zero-order chi connectivity index (χ0) is 22.3. The predicted octanol–water partition coefficient (Wildman–Crippen LogP) is 3.71. The van der Waals surface area contributed by atoms with E-state index < -0.39 is 33.4 Å². The molecule has 30 heavy (non-hydrogen) atoms. The lowest BCUT2D eigenvalue weighted by molar-refractivity contribution is -0.123. The van der Waals surface area contributed by atoms with Crippen LogP contribution in [0.3, 0.4) is 0 Å². The van der Waals surface area contributed by atoms with Gasteiger partial charge in [0, 0.05) is 12.0 Å². The van der Waals surface area contributed by atoms with Crippen molar-refractivity contribution in [2.75, 3.05) is 10.6 Å². The number of amides is 1. The molecule has 1 N–H and O–H groups in total. The zero-order valence-corrected chi connectivity index (χ0v) is 18.6. The Morgan fingerprint density at radius 1 is 1.27 bits per heavy atom. The second-order valence-corrected chi connectivity index (χ2v) is 10.2. The lowest BCUT2D eigenvalue weighted by atomic mass is 9.89. The fourth-order valence-corrected chi connectivity index (χ4v) is 4.98. The zero-order valence-electron chi connectivity index (χ0n) is 17.8. The molecule has 1 aliphatic rings. The molecular formula is C22H27FN2O4S. The van der Waals surface area contributed by atoms with Crippen LogP contribution in [0.5, 0.6) is 5.75 Å². The van der Waals surface area contributed by atoms with Gasteiger partial charge in [0.25, 0.3) is 0 Å². The summed E-state index contributed by atoms with van der Waals surface area (Å²) in [6.07, 6.45) is 1.53. The molecule has 2 aromatic carbocycles. The highest BCUT2D eigenvalue weighted by atomic mass is 32.2. The summed E-state index contributed by atoms with van der Waals surface area (Å²) in [6, 6.07) is 9.56. The number of sulfonamides is 1. The van der Waals surface area contributed by atoms with Crippen molar-refractivity contribution in [3.63, 3.8) is 0 Å². The van der Waals surface area contributed by atoms with Crippen LogP contribution in [0.25, 0.3) is 0 Å². The Morgan fingerprint density at radius 2 is 1.97 bits per heavy atom. The van der Waals surface area contributed by atoms with Crippen LogP contribution >= 0.6 is 0 Å². The first-order valence-corrected chi connectivity index (χ1v) is 11.6. The standard InChI is InChI=1S/C22H27FN2O4S/c1-14-9-10-20-18(11-14)19(13-22(3,4)29-20)24-21(26)15(2)25(30(5,27)28)17-8-6-7-16(23)12-17/h6-12,15,19H,13H2,1-5H3,(H,24,26)/t15-,19-/m1/s1. The van der Waals surface area contributed by atoms with Gasteiger partial charge in [0.15, 0.2) is 0 Å². The van der Waals surface area contributed by atoms with Gasteiger partial charge in [-0.3, -0.25) is 9.10 Å². The molecule has 1 amide bonds. The molecule has 6 nitrogen and oxygen atoms in total. The van der Waals surface area contributed by atoms with Crippen LogP contribution < -0.4 is 14.4 Å². The van der Waals surface area contributed by atoms with Crippen LogP contribution in [0.2, 0.25) is 0 Å². The number of carbonyl (C=O) groups excluding carboxylic acids is 1. The molecule has 0 spiro atoms. The lowest BCUT2D eigenvalue weighted by Crippen LogP contribution is -2.50. The van der Waals surface area contributed by atoms with Gasteiger partial charge in [0.05, 0.1) is 18.0 Å². The molecule has 0 unspecified atom stereocenters. The van der Waals surface area contributed by atoms with E-state index in [4.69, 9.17) is 4.74 Å². The number of ether oxygens (including phenoxy) is 1. The number of rotatable bonds is 5. The summed E-state index contributed by atoms with van der Waals surface area (Å²) in [7, 11) is -3.83. The molecule has 0 saturated carbocycles. The summed E-state index contributed by atoms with van der Waals surface area (Å²) >= 11 is 0. The van der Waals surface area contributed by atoms with Gasteiger partial charge < -0.3 is 10.1 Å². The van der Waals surface area contributed by atoms with Gasteiger partial charge in [-0.05, 0) is 52.0 Å². The molecule has 2 aromatic rings. The number of halogens is 1. The number of hydrogen-bond donors (Lipinski definition) is 1. The Kier molecular flexibility index (Phi) is 5.82. The monoisotopic (exact) mass is 434 g/mol. The highest BCUT2D eigenvalue weighted by Gasteiger charge is 2.37. The molecule has 0 saturated heterocycles. The van der Waals surface area contributed by atoms with E-state index in [1.54, 1.807) is 0 Å². The molecule has 1 aliphatic heterocycles. The van der Waals surface area contributed by atoms with Crippen molar-refractivity contribution in [2.24, 2.45) is 0 Å². The first kappa shape index (κ1) is 22.1. The van der Waals surface area contributed by atoms with Gasteiger partial charge in [0.1, 0.15) is 23.2 Å². The molecule has 0 radical (unpaired) electrons. The summed E-state index contributed by atoms with van der Waals surface area (Å²) in [6.45, 7) is 7.32. The molecule has 162 valence electrons. The van der Waals surface area contributed by atoms with Crippen LogP contribution in [0.4, 0.5) is 10.1 Å². The van der Waals surface area contributed by atoms with Crippen LogP contribution in [0.15, 0.2) is 42.5 Å². The smallest absolute Gasteiger partial charge is 0.244 e. The van der Waals surface area contributed by atoms with Crippen LogP contribution in [-0.2, 0) is 14.8 Å². The lowest BCUT2D eigenvalue weighted by Gasteiger charge is -2.39. The van der Waals surface area contributed by atoms with Gasteiger partial charge in [-0.1, -0.05) is 23.8 Å². The third-order valence-corrected chi connectivity index (χ3v) is 6.33. The van der Waals surface area contributed by atoms with E-state index >= 15 is 0 Å². The molecule has 8 heteroatoms. The van der Waals surface area contributed by atoms with Crippen molar-refractivity contribution < 1.29 is 22.3 Å². The summed E-state index contributed by atoms with van der Waals surface area (Å²) in [5.74, 6) is -0.357. The van der Waals surface area contributed by atoms with E-state index in [0.717, 1.165) is 27.8 Å². The number of aryl methyl sites for hydroxylation is 1. The Bertz CT molecular complexity index is 1070. The highest BCUT2D eigenvalue weighted by Crippen LogP contribution is 2.40. The first-order valence-electron chi connectivity index (χ1n) is 9.72.